The van der Waals surface area contributed by atoms with Crippen LogP contribution in [0.2, 0.25) is 5.02 Å². The number of benzene rings is 1. The summed E-state index contributed by atoms with van der Waals surface area (Å²) < 4.78 is 2.01. The Morgan fingerprint density at radius 3 is 3.11 bits per heavy atom. The number of imidazole rings is 1. The fourth-order valence-electron chi connectivity index (χ4n) is 2.69. The molecule has 1 aliphatic carbocycles. The smallest absolute Gasteiger partial charge is 0.0946 e. The summed E-state index contributed by atoms with van der Waals surface area (Å²) in [4.78, 5) is 4.04. The van der Waals surface area contributed by atoms with Gasteiger partial charge >= 0.3 is 0 Å². The standard InChI is InChI=1S/C14H14ClN3O/c15-13-3-1-2-12-11(13)5-4-10(14(12)17-19)8-18-7-6-16-9-18/h1-3,6-7,9-10,19H,4-5,8H2/b17-14-. The van der Waals surface area contributed by atoms with Gasteiger partial charge in [-0.15, -0.1) is 0 Å². The number of oxime groups is 1. The highest BCUT2D eigenvalue weighted by molar-refractivity contribution is 6.32. The second-order valence-corrected chi connectivity index (χ2v) is 5.15. The highest BCUT2D eigenvalue weighted by Gasteiger charge is 2.27. The molecule has 0 amide bonds. The first-order valence-corrected chi connectivity index (χ1v) is 6.63. The first-order valence-electron chi connectivity index (χ1n) is 6.25. The second kappa shape index (κ2) is 5.05. The molecule has 0 saturated carbocycles. The molecule has 4 nitrogen and oxygen atoms in total. The molecule has 0 aliphatic heterocycles. The van der Waals surface area contributed by atoms with Gasteiger partial charge in [0.05, 0.1) is 12.0 Å². The lowest BCUT2D eigenvalue weighted by Crippen LogP contribution is -2.27. The molecule has 1 atom stereocenters. The number of fused-ring (bicyclic) bond motifs is 1. The van der Waals surface area contributed by atoms with Crippen LogP contribution in [0.15, 0.2) is 42.1 Å². The summed E-state index contributed by atoms with van der Waals surface area (Å²) in [6, 6.07) is 5.74. The molecule has 0 radical (unpaired) electrons. The Kier molecular flexibility index (Phi) is 3.25. The fraction of sp³-hybridized carbons (Fsp3) is 0.286. The highest BCUT2D eigenvalue weighted by atomic mass is 35.5. The van der Waals surface area contributed by atoms with Crippen molar-refractivity contribution in [2.75, 3.05) is 0 Å². The van der Waals surface area contributed by atoms with Gasteiger partial charge in [0.1, 0.15) is 0 Å². The second-order valence-electron chi connectivity index (χ2n) is 4.75. The van der Waals surface area contributed by atoms with Crippen molar-refractivity contribution in [2.45, 2.75) is 19.4 Å². The topological polar surface area (TPSA) is 50.4 Å². The number of hydrogen-bond acceptors (Lipinski definition) is 3. The summed E-state index contributed by atoms with van der Waals surface area (Å²) in [7, 11) is 0. The molecule has 1 unspecified atom stereocenters. The van der Waals surface area contributed by atoms with E-state index in [1.807, 2.05) is 29.0 Å². The Morgan fingerprint density at radius 2 is 2.37 bits per heavy atom. The molecule has 5 heteroatoms. The van der Waals surface area contributed by atoms with Crippen LogP contribution in [0.5, 0.6) is 0 Å². The van der Waals surface area contributed by atoms with Gasteiger partial charge in [0.25, 0.3) is 0 Å². The molecule has 0 bridgehead atoms. The summed E-state index contributed by atoms with van der Waals surface area (Å²) in [6.07, 6.45) is 7.29. The van der Waals surface area contributed by atoms with Crippen molar-refractivity contribution < 1.29 is 5.21 Å². The van der Waals surface area contributed by atoms with Crippen LogP contribution in [-0.4, -0.2) is 20.5 Å². The maximum absolute atomic E-state index is 9.35. The van der Waals surface area contributed by atoms with E-state index in [0.717, 1.165) is 41.2 Å². The van der Waals surface area contributed by atoms with E-state index >= 15 is 0 Å². The molecule has 19 heavy (non-hydrogen) atoms. The molecule has 0 spiro atoms. The van der Waals surface area contributed by atoms with E-state index in [9.17, 15) is 5.21 Å². The minimum atomic E-state index is 0.185. The van der Waals surface area contributed by atoms with E-state index in [1.165, 1.54) is 0 Å². The van der Waals surface area contributed by atoms with Crippen molar-refractivity contribution in [1.82, 2.24) is 9.55 Å². The molecule has 3 rings (SSSR count). The van der Waals surface area contributed by atoms with Gasteiger partial charge in [-0.3, -0.25) is 0 Å². The van der Waals surface area contributed by atoms with Crippen molar-refractivity contribution in [2.24, 2.45) is 11.1 Å². The predicted molar refractivity (Wildman–Crippen MR) is 73.8 cm³/mol. The van der Waals surface area contributed by atoms with Crippen LogP contribution in [0, 0.1) is 5.92 Å². The SMILES string of the molecule is O/N=C1\c2cccc(Cl)c2CCC1Cn1ccnc1. The maximum Gasteiger partial charge on any atom is 0.0946 e. The summed E-state index contributed by atoms with van der Waals surface area (Å²) in [6.45, 7) is 0.769. The van der Waals surface area contributed by atoms with Crippen LogP contribution >= 0.6 is 11.6 Å². The van der Waals surface area contributed by atoms with Crippen molar-refractivity contribution in [3.05, 3.63) is 53.1 Å². The minimum absolute atomic E-state index is 0.185. The molecule has 1 aliphatic rings. The zero-order chi connectivity index (χ0) is 13.2. The molecule has 2 aromatic rings. The van der Waals surface area contributed by atoms with Crippen LogP contribution in [-0.2, 0) is 13.0 Å². The lowest BCUT2D eigenvalue weighted by molar-refractivity contribution is 0.312. The van der Waals surface area contributed by atoms with E-state index in [4.69, 9.17) is 11.6 Å². The van der Waals surface area contributed by atoms with Gasteiger partial charge in [0.15, 0.2) is 0 Å². The van der Waals surface area contributed by atoms with Gasteiger partial charge < -0.3 is 9.77 Å². The minimum Gasteiger partial charge on any atom is -0.411 e. The summed E-state index contributed by atoms with van der Waals surface area (Å²) in [5.41, 5.74) is 2.77. The average Bonchev–Trinajstić information content (AvgIpc) is 2.92. The van der Waals surface area contributed by atoms with Gasteiger partial charge in [-0.25, -0.2) is 4.98 Å². The molecule has 1 aromatic carbocycles. The van der Waals surface area contributed by atoms with Crippen LogP contribution < -0.4 is 0 Å². The number of aromatic nitrogens is 2. The third-order valence-corrected chi connectivity index (χ3v) is 3.98. The monoisotopic (exact) mass is 275 g/mol. The number of hydrogen-bond donors (Lipinski definition) is 1. The van der Waals surface area contributed by atoms with E-state index in [0.29, 0.717) is 0 Å². The van der Waals surface area contributed by atoms with Crippen molar-refractivity contribution in [1.29, 1.82) is 0 Å². The summed E-state index contributed by atoms with van der Waals surface area (Å²) in [5, 5.41) is 13.6. The number of rotatable bonds is 2. The van der Waals surface area contributed by atoms with Gasteiger partial charge in [-0.2, -0.15) is 0 Å². The van der Waals surface area contributed by atoms with E-state index < -0.39 is 0 Å². The van der Waals surface area contributed by atoms with Gasteiger partial charge in [0.2, 0.25) is 0 Å². The fourth-order valence-corrected chi connectivity index (χ4v) is 2.96. The zero-order valence-electron chi connectivity index (χ0n) is 10.3. The Bertz CT molecular complexity index is 607. The largest absolute Gasteiger partial charge is 0.411 e. The maximum atomic E-state index is 9.35. The molecule has 1 N–H and O–H groups in total. The van der Waals surface area contributed by atoms with Crippen molar-refractivity contribution in [3.8, 4) is 0 Å². The molecule has 1 aromatic heterocycles. The normalized spacial score (nSPS) is 20.5. The molecule has 0 saturated heterocycles. The summed E-state index contributed by atoms with van der Waals surface area (Å²) >= 11 is 6.20. The Morgan fingerprint density at radius 1 is 1.47 bits per heavy atom. The first-order chi connectivity index (χ1) is 9.29. The van der Waals surface area contributed by atoms with E-state index in [2.05, 4.69) is 10.1 Å². The van der Waals surface area contributed by atoms with Crippen LogP contribution in [0.3, 0.4) is 0 Å². The van der Waals surface area contributed by atoms with Crippen LogP contribution in [0.4, 0.5) is 0 Å². The lowest BCUT2D eigenvalue weighted by atomic mass is 9.82. The van der Waals surface area contributed by atoms with Crippen molar-refractivity contribution >= 4 is 17.3 Å². The quantitative estimate of drug-likeness (QED) is 0.677. The molecular weight excluding hydrogens is 262 g/mol. The first kappa shape index (κ1) is 12.2. The predicted octanol–water partition coefficient (Wildman–Crippen LogP) is 2.98. The Balaban J connectivity index is 1.94. The summed E-state index contributed by atoms with van der Waals surface area (Å²) in [5.74, 6) is 0.185. The Hall–Kier alpha value is -1.81. The van der Waals surface area contributed by atoms with Gasteiger partial charge in [0, 0.05) is 35.4 Å². The molecule has 1 heterocycles. The van der Waals surface area contributed by atoms with Gasteiger partial charge in [-0.1, -0.05) is 28.9 Å². The number of nitrogens with zero attached hydrogens (tertiary/aromatic N) is 3. The molecular formula is C14H14ClN3O. The lowest BCUT2D eigenvalue weighted by Gasteiger charge is -2.26. The third-order valence-electron chi connectivity index (χ3n) is 3.62. The highest BCUT2D eigenvalue weighted by Crippen LogP contribution is 2.31. The zero-order valence-corrected chi connectivity index (χ0v) is 11.1. The van der Waals surface area contributed by atoms with Gasteiger partial charge in [-0.05, 0) is 24.5 Å². The molecule has 98 valence electrons. The molecule has 0 fully saturated rings. The van der Waals surface area contributed by atoms with Crippen LogP contribution in [0.25, 0.3) is 0 Å². The van der Waals surface area contributed by atoms with E-state index in [1.54, 1.807) is 12.5 Å². The Labute approximate surface area is 116 Å². The van der Waals surface area contributed by atoms with Crippen molar-refractivity contribution in [3.63, 3.8) is 0 Å². The van der Waals surface area contributed by atoms with Crippen LogP contribution in [0.1, 0.15) is 17.5 Å². The van der Waals surface area contributed by atoms with E-state index in [-0.39, 0.29) is 5.92 Å². The number of halogens is 1. The average molecular weight is 276 g/mol. The third kappa shape index (κ3) is 2.24.